The third-order valence-corrected chi connectivity index (χ3v) is 5.30. The summed E-state index contributed by atoms with van der Waals surface area (Å²) in [4.78, 5) is 31.8. The number of aromatic nitrogens is 4. The molecule has 12 heteroatoms. The number of nitrogens with one attached hydrogen (secondary N) is 2. The van der Waals surface area contributed by atoms with Gasteiger partial charge in [-0.25, -0.2) is 9.50 Å². The number of benzene rings is 1. The van der Waals surface area contributed by atoms with Crippen LogP contribution in [0.3, 0.4) is 0 Å². The standard InChI is InChI=1S/C20H20ClF3N6O2/c1-10-14(21)5-4-6-15(10)27-17(32)9-25-16(31)8-7-13-11(2)26-19-28-18(20(22,23)24)29-30(19)12(13)3/h4-6H,7-9H2,1-3H3,(H,25,31)(H,27,32). The quantitative estimate of drug-likeness (QED) is 0.577. The summed E-state index contributed by atoms with van der Waals surface area (Å²) in [5, 5.41) is 9.19. The van der Waals surface area contributed by atoms with Crippen LogP contribution < -0.4 is 10.6 Å². The van der Waals surface area contributed by atoms with E-state index in [4.69, 9.17) is 11.6 Å². The van der Waals surface area contributed by atoms with Crippen LogP contribution >= 0.6 is 11.6 Å². The molecule has 8 nitrogen and oxygen atoms in total. The van der Waals surface area contributed by atoms with E-state index in [1.165, 1.54) is 0 Å². The molecular weight excluding hydrogens is 449 g/mol. The number of hydrogen-bond acceptors (Lipinski definition) is 5. The summed E-state index contributed by atoms with van der Waals surface area (Å²) in [6.07, 6.45) is -4.46. The Kier molecular flexibility index (Phi) is 6.68. The molecule has 0 radical (unpaired) electrons. The molecule has 1 aromatic carbocycles. The van der Waals surface area contributed by atoms with Crippen LogP contribution in [0, 0.1) is 20.8 Å². The SMILES string of the molecule is Cc1nc2nc(C(F)(F)F)nn2c(C)c1CCC(=O)NCC(=O)Nc1cccc(Cl)c1C. The summed E-state index contributed by atoms with van der Waals surface area (Å²) in [7, 11) is 0. The summed E-state index contributed by atoms with van der Waals surface area (Å²) in [6, 6.07) is 5.10. The zero-order valence-electron chi connectivity index (χ0n) is 17.5. The van der Waals surface area contributed by atoms with Crippen molar-refractivity contribution >= 4 is 34.9 Å². The normalized spacial score (nSPS) is 11.6. The van der Waals surface area contributed by atoms with Gasteiger partial charge in [-0.05, 0) is 50.5 Å². The fourth-order valence-corrected chi connectivity index (χ4v) is 3.31. The topological polar surface area (TPSA) is 101 Å². The maximum absolute atomic E-state index is 12.9. The van der Waals surface area contributed by atoms with Gasteiger partial charge in [-0.15, -0.1) is 5.10 Å². The van der Waals surface area contributed by atoms with E-state index in [-0.39, 0.29) is 25.2 Å². The predicted molar refractivity (Wildman–Crippen MR) is 111 cm³/mol. The maximum atomic E-state index is 12.9. The van der Waals surface area contributed by atoms with Gasteiger partial charge in [0.25, 0.3) is 11.6 Å². The van der Waals surface area contributed by atoms with Crippen LogP contribution in [0.5, 0.6) is 0 Å². The number of carbonyl (C=O) groups is 2. The summed E-state index contributed by atoms with van der Waals surface area (Å²) < 4.78 is 39.7. The number of halogens is 4. The van der Waals surface area contributed by atoms with Gasteiger partial charge in [0.2, 0.25) is 11.8 Å². The second-order valence-corrected chi connectivity index (χ2v) is 7.55. The van der Waals surface area contributed by atoms with E-state index < -0.39 is 23.8 Å². The molecule has 0 saturated carbocycles. The number of rotatable bonds is 6. The Bertz CT molecular complexity index is 1190. The van der Waals surface area contributed by atoms with Crippen molar-refractivity contribution in [2.45, 2.75) is 39.8 Å². The molecule has 0 bridgehead atoms. The van der Waals surface area contributed by atoms with Crippen molar-refractivity contribution in [3.8, 4) is 0 Å². The van der Waals surface area contributed by atoms with Gasteiger partial charge in [0.1, 0.15) is 0 Å². The van der Waals surface area contributed by atoms with Crippen LogP contribution in [0.1, 0.15) is 34.8 Å². The Morgan fingerprint density at radius 2 is 1.84 bits per heavy atom. The minimum Gasteiger partial charge on any atom is -0.347 e. The molecule has 0 aliphatic rings. The van der Waals surface area contributed by atoms with E-state index in [1.54, 1.807) is 39.0 Å². The third-order valence-electron chi connectivity index (χ3n) is 4.89. The monoisotopic (exact) mass is 468 g/mol. The highest BCUT2D eigenvalue weighted by Crippen LogP contribution is 2.27. The predicted octanol–water partition coefficient (Wildman–Crippen LogP) is 3.41. The van der Waals surface area contributed by atoms with Crippen LogP contribution in [0.15, 0.2) is 18.2 Å². The zero-order valence-corrected chi connectivity index (χ0v) is 18.2. The summed E-state index contributed by atoms with van der Waals surface area (Å²) >= 11 is 6.02. The number of amides is 2. The Morgan fingerprint density at radius 3 is 2.53 bits per heavy atom. The molecule has 2 heterocycles. The van der Waals surface area contributed by atoms with Crippen molar-refractivity contribution in [2.75, 3.05) is 11.9 Å². The van der Waals surface area contributed by atoms with Crippen molar-refractivity contribution < 1.29 is 22.8 Å². The number of alkyl halides is 3. The molecule has 3 aromatic rings. The average Bonchev–Trinajstić information content (AvgIpc) is 3.14. The van der Waals surface area contributed by atoms with Crippen LogP contribution in [0.4, 0.5) is 18.9 Å². The van der Waals surface area contributed by atoms with Gasteiger partial charge in [-0.3, -0.25) is 9.59 Å². The number of carbonyl (C=O) groups excluding carboxylic acids is 2. The lowest BCUT2D eigenvalue weighted by molar-refractivity contribution is -0.144. The van der Waals surface area contributed by atoms with Crippen molar-refractivity contribution in [2.24, 2.45) is 0 Å². The molecule has 0 aliphatic carbocycles. The molecule has 32 heavy (non-hydrogen) atoms. The molecule has 0 saturated heterocycles. The van der Waals surface area contributed by atoms with Gasteiger partial charge in [-0.2, -0.15) is 18.2 Å². The fourth-order valence-electron chi connectivity index (χ4n) is 3.13. The van der Waals surface area contributed by atoms with Gasteiger partial charge in [-0.1, -0.05) is 17.7 Å². The Balaban J connectivity index is 1.60. The van der Waals surface area contributed by atoms with Crippen molar-refractivity contribution in [1.29, 1.82) is 0 Å². The fraction of sp³-hybridized carbons (Fsp3) is 0.350. The van der Waals surface area contributed by atoms with Gasteiger partial charge >= 0.3 is 6.18 Å². The van der Waals surface area contributed by atoms with Crippen molar-refractivity contribution in [3.05, 3.63) is 51.6 Å². The molecule has 3 rings (SSSR count). The first kappa shape index (κ1) is 23.5. The lowest BCUT2D eigenvalue weighted by Crippen LogP contribution is -2.33. The van der Waals surface area contributed by atoms with Crippen LogP contribution in [-0.4, -0.2) is 37.9 Å². The van der Waals surface area contributed by atoms with E-state index in [0.29, 0.717) is 33.2 Å². The number of aryl methyl sites for hydroxylation is 2. The smallest absolute Gasteiger partial charge is 0.347 e. The van der Waals surface area contributed by atoms with E-state index in [0.717, 1.165) is 4.52 Å². The first-order valence-corrected chi connectivity index (χ1v) is 9.97. The molecule has 2 N–H and O–H groups in total. The summed E-state index contributed by atoms with van der Waals surface area (Å²) in [6.45, 7) is 4.74. The second kappa shape index (κ2) is 9.11. The number of nitrogens with zero attached hydrogens (tertiary/aromatic N) is 4. The number of anilines is 1. The molecule has 170 valence electrons. The Morgan fingerprint density at radius 1 is 1.12 bits per heavy atom. The Hall–Kier alpha value is -3.21. The maximum Gasteiger partial charge on any atom is 0.453 e. The molecule has 2 aromatic heterocycles. The lowest BCUT2D eigenvalue weighted by atomic mass is 10.1. The first-order valence-electron chi connectivity index (χ1n) is 9.59. The minimum absolute atomic E-state index is 0.0131. The lowest BCUT2D eigenvalue weighted by Gasteiger charge is -2.11. The van der Waals surface area contributed by atoms with Crippen molar-refractivity contribution in [3.63, 3.8) is 0 Å². The first-order chi connectivity index (χ1) is 15.0. The minimum atomic E-state index is -4.68. The van der Waals surface area contributed by atoms with Crippen LogP contribution in [0.25, 0.3) is 5.78 Å². The Labute approximate surface area is 186 Å². The molecular formula is C20H20ClF3N6O2. The molecule has 0 unspecified atom stereocenters. The zero-order chi connectivity index (χ0) is 23.6. The molecule has 0 aliphatic heterocycles. The van der Waals surface area contributed by atoms with E-state index in [9.17, 15) is 22.8 Å². The van der Waals surface area contributed by atoms with E-state index in [1.807, 2.05) is 0 Å². The largest absolute Gasteiger partial charge is 0.453 e. The highest BCUT2D eigenvalue weighted by atomic mass is 35.5. The van der Waals surface area contributed by atoms with Crippen LogP contribution in [0.2, 0.25) is 5.02 Å². The highest BCUT2D eigenvalue weighted by Gasteiger charge is 2.37. The molecule has 2 amide bonds. The molecule has 0 atom stereocenters. The number of hydrogen-bond donors (Lipinski definition) is 2. The average molecular weight is 469 g/mol. The summed E-state index contributed by atoms with van der Waals surface area (Å²) in [5.41, 5.74) is 2.72. The highest BCUT2D eigenvalue weighted by molar-refractivity contribution is 6.31. The van der Waals surface area contributed by atoms with Gasteiger partial charge in [0, 0.05) is 28.5 Å². The van der Waals surface area contributed by atoms with Crippen LogP contribution in [-0.2, 0) is 22.2 Å². The second-order valence-electron chi connectivity index (χ2n) is 7.14. The van der Waals surface area contributed by atoms with E-state index >= 15 is 0 Å². The van der Waals surface area contributed by atoms with Gasteiger partial charge in [0.15, 0.2) is 0 Å². The molecule has 0 fully saturated rings. The van der Waals surface area contributed by atoms with Gasteiger partial charge in [0.05, 0.1) is 6.54 Å². The summed E-state index contributed by atoms with van der Waals surface area (Å²) in [5.74, 6) is -2.24. The van der Waals surface area contributed by atoms with Crippen molar-refractivity contribution in [1.82, 2.24) is 24.9 Å². The third kappa shape index (κ3) is 5.16. The molecule has 0 spiro atoms. The van der Waals surface area contributed by atoms with Gasteiger partial charge < -0.3 is 10.6 Å². The number of fused-ring (bicyclic) bond motifs is 1. The van der Waals surface area contributed by atoms with E-state index in [2.05, 4.69) is 25.7 Å².